The third-order valence-corrected chi connectivity index (χ3v) is 4.91. The molecule has 1 aliphatic heterocycles. The van der Waals surface area contributed by atoms with Crippen molar-refractivity contribution in [2.75, 3.05) is 36.9 Å². The Labute approximate surface area is 145 Å². The van der Waals surface area contributed by atoms with Crippen molar-refractivity contribution in [1.29, 1.82) is 0 Å². The molecule has 0 aromatic carbocycles. The fourth-order valence-corrected chi connectivity index (χ4v) is 3.72. The molecule has 128 valence electrons. The van der Waals surface area contributed by atoms with Crippen LogP contribution in [0.3, 0.4) is 0 Å². The molecule has 3 rings (SSSR count). The van der Waals surface area contributed by atoms with E-state index in [0.29, 0.717) is 17.7 Å². The highest BCUT2D eigenvalue weighted by Crippen LogP contribution is 2.23. The second-order valence-electron chi connectivity index (χ2n) is 6.11. The number of carbonyl (C=O) groups is 1. The molecule has 1 fully saturated rings. The number of carbonyl (C=O) groups excluding carboxylic acids is 1. The predicted octanol–water partition coefficient (Wildman–Crippen LogP) is 1.78. The van der Waals surface area contributed by atoms with E-state index in [2.05, 4.69) is 30.3 Å². The quantitative estimate of drug-likeness (QED) is 0.859. The molecular weight excluding hydrogens is 324 g/mol. The van der Waals surface area contributed by atoms with Crippen molar-refractivity contribution in [2.45, 2.75) is 25.8 Å². The molecule has 0 saturated carbocycles. The van der Waals surface area contributed by atoms with E-state index in [1.165, 1.54) is 11.3 Å². The number of hydrogen-bond donors (Lipinski definition) is 1. The lowest BCUT2D eigenvalue weighted by atomic mass is 10.2. The van der Waals surface area contributed by atoms with Gasteiger partial charge in [0.2, 0.25) is 5.91 Å². The molecule has 8 heteroatoms. The van der Waals surface area contributed by atoms with Crippen molar-refractivity contribution >= 4 is 28.2 Å². The summed E-state index contributed by atoms with van der Waals surface area (Å²) >= 11 is 1.45. The van der Waals surface area contributed by atoms with Crippen LogP contribution < -0.4 is 10.2 Å². The lowest BCUT2D eigenvalue weighted by Crippen LogP contribution is -2.42. The summed E-state index contributed by atoms with van der Waals surface area (Å²) in [6, 6.07) is 4.26. The first-order valence-electron chi connectivity index (χ1n) is 8.06. The lowest BCUT2D eigenvalue weighted by molar-refractivity contribution is -0.117. The number of aromatic nitrogens is 3. The molecule has 2 aromatic rings. The Balaban J connectivity index is 1.52. The molecule has 7 nitrogen and oxygen atoms in total. The van der Waals surface area contributed by atoms with E-state index in [1.807, 2.05) is 31.5 Å². The number of thiazole rings is 1. The zero-order valence-corrected chi connectivity index (χ0v) is 14.8. The van der Waals surface area contributed by atoms with Gasteiger partial charge in [0.1, 0.15) is 0 Å². The maximum Gasteiger partial charge on any atom is 0.240 e. The van der Waals surface area contributed by atoms with Crippen LogP contribution in [0.5, 0.6) is 0 Å². The minimum atomic E-state index is -0.0316. The summed E-state index contributed by atoms with van der Waals surface area (Å²) in [5.74, 6) is 0.881. The van der Waals surface area contributed by atoms with Gasteiger partial charge in [0, 0.05) is 30.7 Å². The van der Waals surface area contributed by atoms with Gasteiger partial charge in [-0.3, -0.25) is 9.69 Å². The number of rotatable bonds is 6. The van der Waals surface area contributed by atoms with Crippen LogP contribution in [0.2, 0.25) is 0 Å². The monoisotopic (exact) mass is 346 g/mol. The van der Waals surface area contributed by atoms with E-state index in [4.69, 9.17) is 0 Å². The highest BCUT2D eigenvalue weighted by molar-refractivity contribution is 7.13. The molecule has 24 heavy (non-hydrogen) atoms. The van der Waals surface area contributed by atoms with Gasteiger partial charge in [-0.1, -0.05) is 0 Å². The minimum Gasteiger partial charge on any atom is -0.351 e. The fourth-order valence-electron chi connectivity index (χ4n) is 3.01. The number of hydrogen-bond acceptors (Lipinski definition) is 7. The molecule has 0 unspecified atom stereocenters. The van der Waals surface area contributed by atoms with E-state index in [-0.39, 0.29) is 5.91 Å². The summed E-state index contributed by atoms with van der Waals surface area (Å²) < 4.78 is 0. The highest BCUT2D eigenvalue weighted by Gasteiger charge is 2.27. The van der Waals surface area contributed by atoms with Gasteiger partial charge in [0.05, 0.1) is 12.2 Å². The van der Waals surface area contributed by atoms with Crippen LogP contribution in [0.25, 0.3) is 0 Å². The molecule has 0 aliphatic carbocycles. The summed E-state index contributed by atoms with van der Waals surface area (Å²) in [5, 5.41) is 13.6. The zero-order valence-electron chi connectivity index (χ0n) is 14.0. The number of nitrogens with one attached hydrogen (secondary N) is 1. The van der Waals surface area contributed by atoms with Gasteiger partial charge in [-0.25, -0.2) is 4.98 Å². The molecule has 1 aliphatic rings. The van der Waals surface area contributed by atoms with Gasteiger partial charge in [-0.15, -0.1) is 16.4 Å². The van der Waals surface area contributed by atoms with Crippen LogP contribution in [0.1, 0.15) is 18.5 Å². The van der Waals surface area contributed by atoms with Crippen molar-refractivity contribution in [2.24, 2.45) is 0 Å². The van der Waals surface area contributed by atoms with Crippen molar-refractivity contribution in [1.82, 2.24) is 20.1 Å². The molecule has 2 aromatic heterocycles. The van der Waals surface area contributed by atoms with Crippen molar-refractivity contribution in [3.05, 3.63) is 29.4 Å². The van der Waals surface area contributed by atoms with E-state index >= 15 is 0 Å². The molecule has 1 amide bonds. The number of amides is 1. The Morgan fingerprint density at radius 3 is 3.12 bits per heavy atom. The SMILES string of the molecule is Cc1csc(NC(=O)CN(C)C[C@@H]2CCCN2c2cccnn2)n1. The topological polar surface area (TPSA) is 74.2 Å². The summed E-state index contributed by atoms with van der Waals surface area (Å²) in [7, 11) is 1.97. The maximum absolute atomic E-state index is 12.1. The van der Waals surface area contributed by atoms with E-state index in [9.17, 15) is 4.79 Å². The second-order valence-corrected chi connectivity index (χ2v) is 6.97. The van der Waals surface area contributed by atoms with Gasteiger partial charge in [0.25, 0.3) is 0 Å². The number of anilines is 2. The highest BCUT2D eigenvalue weighted by atomic mass is 32.1. The minimum absolute atomic E-state index is 0.0316. The lowest BCUT2D eigenvalue weighted by Gasteiger charge is -2.28. The van der Waals surface area contributed by atoms with E-state index in [1.54, 1.807) is 6.20 Å². The average molecular weight is 346 g/mol. The van der Waals surface area contributed by atoms with Gasteiger partial charge < -0.3 is 10.2 Å². The molecule has 0 bridgehead atoms. The molecular formula is C16H22N6OS. The zero-order chi connectivity index (χ0) is 16.9. The van der Waals surface area contributed by atoms with Gasteiger partial charge >= 0.3 is 0 Å². The Bertz CT molecular complexity index is 676. The van der Waals surface area contributed by atoms with Gasteiger partial charge in [-0.05, 0) is 38.9 Å². The first-order chi connectivity index (χ1) is 11.6. The standard InChI is InChI=1S/C16H22N6OS/c1-12-11-24-16(18-12)19-15(23)10-21(2)9-13-5-4-8-22(13)14-6-3-7-17-20-14/h3,6-7,11,13H,4-5,8-10H2,1-2H3,(H,18,19,23)/t13-/m0/s1. The Hall–Kier alpha value is -2.06. The third-order valence-electron chi connectivity index (χ3n) is 4.03. The van der Waals surface area contributed by atoms with Gasteiger partial charge in [0.15, 0.2) is 10.9 Å². The van der Waals surface area contributed by atoms with Crippen LogP contribution in [0.15, 0.2) is 23.7 Å². The van der Waals surface area contributed by atoms with Crippen LogP contribution in [-0.2, 0) is 4.79 Å². The van der Waals surface area contributed by atoms with Crippen molar-refractivity contribution in [3.8, 4) is 0 Å². The first kappa shape index (κ1) is 16.8. The Kier molecular flexibility index (Phi) is 5.37. The van der Waals surface area contributed by atoms with Gasteiger partial charge in [-0.2, -0.15) is 5.10 Å². The second kappa shape index (κ2) is 7.67. The summed E-state index contributed by atoms with van der Waals surface area (Å²) in [4.78, 5) is 20.7. The molecule has 0 spiro atoms. The van der Waals surface area contributed by atoms with E-state index < -0.39 is 0 Å². The van der Waals surface area contributed by atoms with Crippen molar-refractivity contribution in [3.63, 3.8) is 0 Å². The fraction of sp³-hybridized carbons (Fsp3) is 0.500. The first-order valence-corrected chi connectivity index (χ1v) is 8.94. The summed E-state index contributed by atoms with van der Waals surface area (Å²) in [6.45, 7) is 4.07. The number of nitrogens with zero attached hydrogens (tertiary/aromatic N) is 5. The van der Waals surface area contributed by atoms with Crippen LogP contribution >= 0.6 is 11.3 Å². The Morgan fingerprint density at radius 1 is 1.54 bits per heavy atom. The van der Waals surface area contributed by atoms with Crippen LogP contribution in [0, 0.1) is 6.92 Å². The molecule has 1 saturated heterocycles. The molecule has 1 atom stereocenters. The van der Waals surface area contributed by atoms with Crippen LogP contribution in [0.4, 0.5) is 10.9 Å². The molecule has 0 radical (unpaired) electrons. The summed E-state index contributed by atoms with van der Waals surface area (Å²) in [6.07, 6.45) is 3.93. The predicted molar refractivity (Wildman–Crippen MR) is 95.4 cm³/mol. The Morgan fingerprint density at radius 2 is 2.42 bits per heavy atom. The van der Waals surface area contributed by atoms with Crippen molar-refractivity contribution < 1.29 is 4.79 Å². The molecule has 3 heterocycles. The van der Waals surface area contributed by atoms with E-state index in [0.717, 1.165) is 37.4 Å². The van der Waals surface area contributed by atoms with Crippen LogP contribution in [-0.4, -0.2) is 58.7 Å². The molecule has 1 N–H and O–H groups in total. The third kappa shape index (κ3) is 4.27. The maximum atomic E-state index is 12.1. The largest absolute Gasteiger partial charge is 0.351 e. The normalized spacial score (nSPS) is 17.5. The number of aryl methyl sites for hydroxylation is 1. The summed E-state index contributed by atoms with van der Waals surface area (Å²) in [5.41, 5.74) is 0.925. The smallest absolute Gasteiger partial charge is 0.240 e. The average Bonchev–Trinajstić information content (AvgIpc) is 3.17. The number of likely N-dealkylation sites (N-methyl/N-ethyl adjacent to an activating group) is 1.